The van der Waals surface area contributed by atoms with Crippen LogP contribution in [-0.2, 0) is 17.8 Å². The number of nitrogens with one attached hydrogen (secondary N) is 2. The number of halogens is 1. The Bertz CT molecular complexity index is 553. The maximum atomic E-state index is 11.7. The van der Waals surface area contributed by atoms with Crippen LogP contribution in [0.15, 0.2) is 34.9 Å². The first kappa shape index (κ1) is 12.6. The Kier molecular flexibility index (Phi) is 3.99. The minimum Gasteiger partial charge on any atom is -0.384 e. The SMILES string of the molecule is Nc1[nH]ncc1CNC(=O)Cc1cccc(Br)c1. The molecule has 0 aliphatic heterocycles. The Morgan fingerprint density at radius 2 is 2.33 bits per heavy atom. The topological polar surface area (TPSA) is 83.8 Å². The van der Waals surface area contributed by atoms with Crippen LogP contribution in [0.2, 0.25) is 0 Å². The van der Waals surface area contributed by atoms with Gasteiger partial charge < -0.3 is 11.1 Å². The summed E-state index contributed by atoms with van der Waals surface area (Å²) in [5.74, 6) is 0.437. The molecule has 0 aliphatic rings. The fraction of sp³-hybridized carbons (Fsp3) is 0.167. The van der Waals surface area contributed by atoms with Crippen molar-refractivity contribution in [1.29, 1.82) is 0 Å². The number of nitrogens with two attached hydrogens (primary N) is 1. The van der Waals surface area contributed by atoms with Gasteiger partial charge in [0.05, 0.1) is 12.6 Å². The van der Waals surface area contributed by atoms with Crippen LogP contribution >= 0.6 is 15.9 Å². The number of aromatic nitrogens is 2. The largest absolute Gasteiger partial charge is 0.384 e. The summed E-state index contributed by atoms with van der Waals surface area (Å²) in [6.07, 6.45) is 1.95. The standard InChI is InChI=1S/C12H13BrN4O/c13-10-3-1-2-8(4-10)5-11(18)15-6-9-7-16-17-12(9)14/h1-4,7H,5-6H2,(H,15,18)(H3,14,16,17). The summed E-state index contributed by atoms with van der Waals surface area (Å²) in [6, 6.07) is 7.66. The number of rotatable bonds is 4. The van der Waals surface area contributed by atoms with E-state index in [2.05, 4.69) is 31.4 Å². The van der Waals surface area contributed by atoms with Gasteiger partial charge >= 0.3 is 0 Å². The lowest BCUT2D eigenvalue weighted by Gasteiger charge is -2.05. The van der Waals surface area contributed by atoms with Crippen molar-refractivity contribution in [3.63, 3.8) is 0 Å². The number of anilines is 1. The van der Waals surface area contributed by atoms with Crippen molar-refractivity contribution < 1.29 is 4.79 Å². The molecule has 1 aromatic heterocycles. The van der Waals surface area contributed by atoms with Gasteiger partial charge in [-0.25, -0.2) is 0 Å². The van der Waals surface area contributed by atoms with Crippen molar-refractivity contribution in [3.8, 4) is 0 Å². The van der Waals surface area contributed by atoms with Crippen molar-refractivity contribution in [2.24, 2.45) is 0 Å². The van der Waals surface area contributed by atoms with Gasteiger partial charge in [-0.3, -0.25) is 9.89 Å². The third kappa shape index (κ3) is 3.33. The fourth-order valence-corrected chi connectivity index (χ4v) is 2.00. The maximum Gasteiger partial charge on any atom is 0.224 e. The normalized spacial score (nSPS) is 10.3. The average molecular weight is 309 g/mol. The molecule has 1 amide bonds. The lowest BCUT2D eigenvalue weighted by atomic mass is 10.1. The molecule has 6 heteroatoms. The smallest absolute Gasteiger partial charge is 0.224 e. The Balaban J connectivity index is 1.88. The Morgan fingerprint density at radius 1 is 1.50 bits per heavy atom. The Labute approximate surface area is 113 Å². The third-order valence-electron chi connectivity index (χ3n) is 2.48. The highest BCUT2D eigenvalue weighted by Gasteiger charge is 2.06. The number of nitrogens with zero attached hydrogens (tertiary/aromatic N) is 1. The number of aromatic amines is 1. The number of benzene rings is 1. The summed E-state index contributed by atoms with van der Waals surface area (Å²) in [7, 11) is 0. The predicted octanol–water partition coefficient (Wildman–Crippen LogP) is 1.61. The fourth-order valence-electron chi connectivity index (χ4n) is 1.55. The van der Waals surface area contributed by atoms with Crippen molar-refractivity contribution in [2.45, 2.75) is 13.0 Å². The van der Waals surface area contributed by atoms with Crippen LogP contribution in [0.1, 0.15) is 11.1 Å². The molecule has 0 radical (unpaired) electrons. The molecular weight excluding hydrogens is 296 g/mol. The van der Waals surface area contributed by atoms with E-state index in [9.17, 15) is 4.79 Å². The molecule has 0 spiro atoms. The van der Waals surface area contributed by atoms with Crippen LogP contribution < -0.4 is 11.1 Å². The molecule has 0 saturated carbocycles. The van der Waals surface area contributed by atoms with Crippen LogP contribution in [0.4, 0.5) is 5.82 Å². The lowest BCUT2D eigenvalue weighted by Crippen LogP contribution is -2.24. The molecule has 0 fully saturated rings. The van der Waals surface area contributed by atoms with E-state index in [4.69, 9.17) is 5.73 Å². The summed E-state index contributed by atoms with van der Waals surface area (Å²) in [6.45, 7) is 0.384. The van der Waals surface area contributed by atoms with Gasteiger partial charge in [0, 0.05) is 16.6 Å². The molecule has 0 saturated heterocycles. The van der Waals surface area contributed by atoms with Gasteiger partial charge in [-0.05, 0) is 17.7 Å². The zero-order chi connectivity index (χ0) is 13.0. The minimum absolute atomic E-state index is 0.0475. The van der Waals surface area contributed by atoms with E-state index in [1.165, 1.54) is 0 Å². The number of amides is 1. The number of carbonyl (C=O) groups excluding carboxylic acids is 1. The van der Waals surface area contributed by atoms with Crippen LogP contribution in [-0.4, -0.2) is 16.1 Å². The van der Waals surface area contributed by atoms with Gasteiger partial charge in [0.2, 0.25) is 5.91 Å². The monoisotopic (exact) mass is 308 g/mol. The van der Waals surface area contributed by atoms with Crippen LogP contribution in [0, 0.1) is 0 Å². The van der Waals surface area contributed by atoms with Gasteiger partial charge in [0.1, 0.15) is 5.82 Å². The quantitative estimate of drug-likeness (QED) is 0.802. The van der Waals surface area contributed by atoms with E-state index >= 15 is 0 Å². The zero-order valence-corrected chi connectivity index (χ0v) is 11.2. The number of H-pyrrole nitrogens is 1. The van der Waals surface area contributed by atoms with Gasteiger partial charge in [0.15, 0.2) is 0 Å². The number of nitrogen functional groups attached to an aromatic ring is 1. The molecule has 0 atom stereocenters. The maximum absolute atomic E-state index is 11.7. The molecule has 1 heterocycles. The highest BCUT2D eigenvalue weighted by Crippen LogP contribution is 2.12. The van der Waals surface area contributed by atoms with Crippen LogP contribution in [0.3, 0.4) is 0 Å². The molecule has 0 unspecified atom stereocenters. The van der Waals surface area contributed by atoms with Gasteiger partial charge in [-0.2, -0.15) is 5.10 Å². The zero-order valence-electron chi connectivity index (χ0n) is 9.61. The molecule has 2 aromatic rings. The van der Waals surface area contributed by atoms with Gasteiger partial charge in [0.25, 0.3) is 0 Å². The molecule has 18 heavy (non-hydrogen) atoms. The summed E-state index contributed by atoms with van der Waals surface area (Å²) >= 11 is 3.37. The second kappa shape index (κ2) is 5.68. The second-order valence-corrected chi connectivity index (χ2v) is 4.81. The molecule has 0 aliphatic carbocycles. The Hall–Kier alpha value is -1.82. The van der Waals surface area contributed by atoms with Crippen molar-refractivity contribution in [2.75, 3.05) is 5.73 Å². The van der Waals surface area contributed by atoms with Gasteiger partial charge in [-0.15, -0.1) is 0 Å². The first-order valence-electron chi connectivity index (χ1n) is 5.44. The highest BCUT2D eigenvalue weighted by molar-refractivity contribution is 9.10. The van der Waals surface area contributed by atoms with Crippen molar-refractivity contribution in [1.82, 2.24) is 15.5 Å². The third-order valence-corrected chi connectivity index (χ3v) is 2.97. The van der Waals surface area contributed by atoms with E-state index in [0.29, 0.717) is 18.8 Å². The van der Waals surface area contributed by atoms with Gasteiger partial charge in [-0.1, -0.05) is 28.1 Å². The summed E-state index contributed by atoms with van der Waals surface area (Å²) < 4.78 is 0.965. The summed E-state index contributed by atoms with van der Waals surface area (Å²) in [4.78, 5) is 11.7. The number of carbonyl (C=O) groups is 1. The van der Waals surface area contributed by atoms with E-state index < -0.39 is 0 Å². The van der Waals surface area contributed by atoms with E-state index in [1.807, 2.05) is 24.3 Å². The summed E-state index contributed by atoms with van der Waals surface area (Å²) in [5, 5.41) is 9.21. The summed E-state index contributed by atoms with van der Waals surface area (Å²) in [5.41, 5.74) is 7.37. The number of hydrogen-bond acceptors (Lipinski definition) is 3. The second-order valence-electron chi connectivity index (χ2n) is 3.89. The molecule has 2 rings (SSSR count). The molecule has 5 nitrogen and oxygen atoms in total. The Morgan fingerprint density at radius 3 is 3.00 bits per heavy atom. The highest BCUT2D eigenvalue weighted by atomic mass is 79.9. The van der Waals surface area contributed by atoms with Crippen molar-refractivity contribution >= 4 is 27.7 Å². The van der Waals surface area contributed by atoms with Crippen LogP contribution in [0.5, 0.6) is 0 Å². The predicted molar refractivity (Wildman–Crippen MR) is 72.7 cm³/mol. The molecule has 1 aromatic carbocycles. The van der Waals surface area contributed by atoms with Crippen molar-refractivity contribution in [3.05, 3.63) is 46.1 Å². The van der Waals surface area contributed by atoms with E-state index in [1.54, 1.807) is 6.20 Å². The first-order valence-corrected chi connectivity index (χ1v) is 6.23. The number of hydrogen-bond donors (Lipinski definition) is 3. The molecule has 4 N–H and O–H groups in total. The molecule has 94 valence electrons. The molecular formula is C12H13BrN4O. The first-order chi connectivity index (χ1) is 8.65. The van der Waals surface area contributed by atoms with E-state index in [0.717, 1.165) is 15.6 Å². The lowest BCUT2D eigenvalue weighted by molar-refractivity contribution is -0.120. The average Bonchev–Trinajstić information content (AvgIpc) is 2.72. The molecule has 0 bridgehead atoms. The van der Waals surface area contributed by atoms with Crippen LogP contribution in [0.25, 0.3) is 0 Å². The minimum atomic E-state index is -0.0475. The van der Waals surface area contributed by atoms with E-state index in [-0.39, 0.29) is 5.91 Å².